The zero-order valence-electron chi connectivity index (χ0n) is 14.0. The highest BCUT2D eigenvalue weighted by atomic mass is 35.5. The van der Waals surface area contributed by atoms with Crippen molar-refractivity contribution >= 4 is 42.0 Å². The van der Waals surface area contributed by atoms with Gasteiger partial charge in [0.05, 0.1) is 12.3 Å². The summed E-state index contributed by atoms with van der Waals surface area (Å²) in [4.78, 5) is 24.1. The van der Waals surface area contributed by atoms with Gasteiger partial charge in [0.15, 0.2) is 5.78 Å². The van der Waals surface area contributed by atoms with E-state index in [1.54, 1.807) is 0 Å². The highest BCUT2D eigenvalue weighted by molar-refractivity contribution is 6.43. The Morgan fingerprint density at radius 3 is 2.52 bits per heavy atom. The number of ketones is 1. The molecule has 1 aromatic carbocycles. The molecule has 8 heteroatoms. The molecule has 0 heterocycles. The largest absolute Gasteiger partial charge is 0.475 e. The molecule has 0 aliphatic rings. The minimum absolute atomic E-state index is 0.0158. The monoisotopic (exact) mass is 360 g/mol. The second kappa shape index (κ2) is 9.28. The summed E-state index contributed by atoms with van der Waals surface area (Å²) in [6.45, 7) is 3.78. The van der Waals surface area contributed by atoms with Crippen molar-refractivity contribution in [3.05, 3.63) is 33.8 Å². The molecule has 126 valence electrons. The Labute approximate surface area is 147 Å². The van der Waals surface area contributed by atoms with E-state index in [4.69, 9.17) is 24.6 Å². The van der Waals surface area contributed by atoms with E-state index in [-0.39, 0.29) is 40.4 Å². The predicted molar refractivity (Wildman–Crippen MR) is 91.6 cm³/mol. The summed E-state index contributed by atoms with van der Waals surface area (Å²) in [5, 5.41) is 21.3. The number of carbonyl (C=O) groups is 2. The maximum Gasteiger partial charge on any atom is 0.475 e. The average molecular weight is 361 g/mol. The molecule has 1 aromatic rings. The van der Waals surface area contributed by atoms with E-state index in [9.17, 15) is 19.6 Å². The summed E-state index contributed by atoms with van der Waals surface area (Å²) in [6, 6.07) is 2.68. The summed E-state index contributed by atoms with van der Waals surface area (Å²) in [6.07, 6.45) is 0.0878. The van der Waals surface area contributed by atoms with E-state index in [1.807, 2.05) is 13.8 Å². The first-order valence-corrected chi connectivity index (χ1v) is 8.02. The van der Waals surface area contributed by atoms with Gasteiger partial charge in [-0.2, -0.15) is 0 Å². The van der Waals surface area contributed by atoms with E-state index in [2.05, 4.69) is 5.32 Å². The van der Waals surface area contributed by atoms with Crippen LogP contribution in [0.3, 0.4) is 0 Å². The van der Waals surface area contributed by atoms with Gasteiger partial charge in [-0.3, -0.25) is 9.59 Å². The van der Waals surface area contributed by atoms with Crippen molar-refractivity contribution in [3.8, 4) is 0 Å². The lowest BCUT2D eigenvalue weighted by Crippen LogP contribution is -2.47. The van der Waals surface area contributed by atoms with Crippen molar-refractivity contribution < 1.29 is 21.0 Å². The fraction of sp³-hybridized carbons (Fsp3) is 0.467. The van der Waals surface area contributed by atoms with E-state index < -0.39 is 24.8 Å². The molecule has 0 fully saturated rings. The third kappa shape index (κ3) is 6.91. The molecule has 0 aliphatic heterocycles. The predicted octanol–water partition coefficient (Wildman–Crippen LogP) is 2.50. The minimum Gasteiger partial charge on any atom is -0.426 e. The summed E-state index contributed by atoms with van der Waals surface area (Å²) in [5.74, 6) is -1.58. The molecule has 0 bridgehead atoms. The van der Waals surface area contributed by atoms with Gasteiger partial charge in [-0.15, -0.1) is 0 Å². The van der Waals surface area contributed by atoms with E-state index in [0.29, 0.717) is 6.42 Å². The molecule has 0 aromatic heterocycles. The summed E-state index contributed by atoms with van der Waals surface area (Å²) in [5.41, 5.74) is -0.0158. The summed E-state index contributed by atoms with van der Waals surface area (Å²) in [7, 11) is -1.67. The Morgan fingerprint density at radius 2 is 1.96 bits per heavy atom. The minimum atomic E-state index is -1.67. The Hall–Kier alpha value is -1.08. The van der Waals surface area contributed by atoms with Crippen LogP contribution in [-0.2, 0) is 4.79 Å². The first kappa shape index (κ1) is 18.3. The van der Waals surface area contributed by atoms with Crippen LogP contribution in [0.25, 0.3) is 0 Å². The molecule has 0 spiro atoms. The van der Waals surface area contributed by atoms with E-state index in [1.165, 1.54) is 12.1 Å². The van der Waals surface area contributed by atoms with Gasteiger partial charge in [0.25, 0.3) is 0 Å². The molecule has 23 heavy (non-hydrogen) atoms. The maximum atomic E-state index is 12.2. The van der Waals surface area contributed by atoms with E-state index in [0.717, 1.165) is 0 Å². The van der Waals surface area contributed by atoms with Crippen molar-refractivity contribution in [2.75, 3.05) is 0 Å². The summed E-state index contributed by atoms with van der Waals surface area (Å²) >= 11 is 11.7. The van der Waals surface area contributed by atoms with Crippen LogP contribution in [0.4, 0.5) is 0 Å². The van der Waals surface area contributed by atoms with Crippen molar-refractivity contribution in [2.45, 2.75) is 39.1 Å². The second-order valence-corrected chi connectivity index (χ2v) is 6.48. The molecule has 1 amide bonds. The number of nitrogens with one attached hydrogen (secondary N) is 1. The maximum absolute atomic E-state index is 12.2. The normalized spacial score (nSPS) is 12.7. The van der Waals surface area contributed by atoms with Crippen LogP contribution in [0.15, 0.2) is 18.2 Å². The van der Waals surface area contributed by atoms with Gasteiger partial charge >= 0.3 is 7.12 Å². The number of amides is 1. The van der Waals surface area contributed by atoms with Crippen LogP contribution in [0.2, 0.25) is 10.0 Å². The molecule has 0 aliphatic carbocycles. The standard InChI is InChI=1S/C15H20BCl2NO4/c1-9(2)7-14(16(22)23)19-15(21)6-5-13(20)11-8-10(17)3-4-12(11)18/h3-4,8-9,14,22-23H,5-7H2,1-2H3,(H,19,21)/t14-/m0/s1/i8D. The SMILES string of the molecule is [2H]c1c(Cl)ccc(Cl)c1C(=O)CCC(=O)N[C@@H](CC(C)C)B(O)O. The van der Waals surface area contributed by atoms with Gasteiger partial charge in [-0.1, -0.05) is 37.0 Å². The topological polar surface area (TPSA) is 86.6 Å². The fourth-order valence-electron chi connectivity index (χ4n) is 2.05. The molecule has 0 saturated heterocycles. The first-order chi connectivity index (χ1) is 11.1. The quantitative estimate of drug-likeness (QED) is 0.491. The molecule has 0 saturated carbocycles. The Kier molecular flexibility index (Phi) is 7.37. The molecular formula is C15H20BCl2NO4. The number of hydrogen-bond acceptors (Lipinski definition) is 4. The second-order valence-electron chi connectivity index (χ2n) is 5.67. The Balaban J connectivity index is 2.67. The molecule has 0 radical (unpaired) electrons. The third-order valence-corrected chi connectivity index (χ3v) is 3.68. The van der Waals surface area contributed by atoms with Gasteiger partial charge in [0, 0.05) is 23.4 Å². The van der Waals surface area contributed by atoms with Gasteiger partial charge < -0.3 is 15.4 Å². The number of benzene rings is 1. The number of halogens is 2. The van der Waals surface area contributed by atoms with Gasteiger partial charge in [-0.05, 0) is 30.5 Å². The highest BCUT2D eigenvalue weighted by Crippen LogP contribution is 2.22. The van der Waals surface area contributed by atoms with Gasteiger partial charge in [0.1, 0.15) is 0 Å². The number of rotatable bonds is 8. The smallest absolute Gasteiger partial charge is 0.426 e. The van der Waals surface area contributed by atoms with Crippen LogP contribution < -0.4 is 5.32 Å². The molecule has 1 atom stereocenters. The van der Waals surface area contributed by atoms with Crippen molar-refractivity contribution in [1.82, 2.24) is 5.32 Å². The fourth-order valence-corrected chi connectivity index (χ4v) is 2.42. The zero-order chi connectivity index (χ0) is 18.4. The number of hydrogen-bond donors (Lipinski definition) is 3. The lowest BCUT2D eigenvalue weighted by molar-refractivity contribution is -0.121. The Morgan fingerprint density at radius 1 is 1.30 bits per heavy atom. The van der Waals surface area contributed by atoms with Gasteiger partial charge in [-0.25, -0.2) is 0 Å². The van der Waals surface area contributed by atoms with E-state index >= 15 is 0 Å². The first-order valence-electron chi connectivity index (χ1n) is 7.76. The summed E-state index contributed by atoms with van der Waals surface area (Å²) < 4.78 is 7.79. The van der Waals surface area contributed by atoms with Crippen molar-refractivity contribution in [3.63, 3.8) is 0 Å². The highest BCUT2D eigenvalue weighted by Gasteiger charge is 2.26. The molecule has 0 unspecified atom stereocenters. The zero-order valence-corrected chi connectivity index (χ0v) is 14.5. The molecule has 5 nitrogen and oxygen atoms in total. The lowest BCUT2D eigenvalue weighted by atomic mass is 9.75. The van der Waals surface area contributed by atoms with Crippen LogP contribution >= 0.6 is 23.2 Å². The number of Topliss-reactive ketones (excluding diaryl/α,β-unsaturated/α-hetero) is 1. The molecular weight excluding hydrogens is 340 g/mol. The van der Waals surface area contributed by atoms with Crippen LogP contribution in [0.5, 0.6) is 0 Å². The van der Waals surface area contributed by atoms with Crippen LogP contribution in [-0.4, -0.2) is 34.8 Å². The van der Waals surface area contributed by atoms with Crippen LogP contribution in [0.1, 0.15) is 44.8 Å². The van der Waals surface area contributed by atoms with Gasteiger partial charge in [0.2, 0.25) is 5.91 Å². The average Bonchev–Trinajstić information content (AvgIpc) is 2.48. The van der Waals surface area contributed by atoms with Crippen molar-refractivity contribution in [1.29, 1.82) is 0 Å². The van der Waals surface area contributed by atoms with Crippen molar-refractivity contribution in [2.24, 2.45) is 5.92 Å². The Bertz CT molecular complexity index is 613. The van der Waals surface area contributed by atoms with Crippen LogP contribution in [0, 0.1) is 5.92 Å². The third-order valence-electron chi connectivity index (χ3n) is 3.15. The molecule has 1 rings (SSSR count). The number of carbonyl (C=O) groups excluding carboxylic acids is 2. The lowest BCUT2D eigenvalue weighted by Gasteiger charge is -2.19. The molecule has 3 N–H and O–H groups in total.